The Morgan fingerprint density at radius 3 is 2.27 bits per heavy atom. The number of Topliss-reactive ketones (excluding diaryl/α,β-unsaturated/α-hetero) is 1. The summed E-state index contributed by atoms with van der Waals surface area (Å²) in [5.41, 5.74) is 0.185. The van der Waals surface area contributed by atoms with Gasteiger partial charge in [0.05, 0.1) is 0 Å². The van der Waals surface area contributed by atoms with Crippen molar-refractivity contribution in [3.8, 4) is 0 Å². The Hall–Kier alpha value is -1.98. The summed E-state index contributed by atoms with van der Waals surface area (Å²) in [5.74, 6) is -4.82. The maximum Gasteiger partial charge on any atom is 0.374 e. The molecule has 0 aromatic rings. The Bertz CT molecular complexity index is 378. The Morgan fingerprint density at radius 2 is 1.87 bits per heavy atom. The van der Waals surface area contributed by atoms with Gasteiger partial charge < -0.3 is 0 Å². The van der Waals surface area contributed by atoms with Gasteiger partial charge in [0.1, 0.15) is 0 Å². The van der Waals surface area contributed by atoms with Crippen LogP contribution in [-0.2, 0) is 29.0 Å². The molecule has 0 bridgehead atoms. The molecule has 6 heteroatoms. The van der Waals surface area contributed by atoms with Gasteiger partial charge in [-0.2, -0.15) is 0 Å². The van der Waals surface area contributed by atoms with Crippen LogP contribution < -0.4 is 0 Å². The highest BCUT2D eigenvalue weighted by Crippen LogP contribution is 2.18. The minimum absolute atomic E-state index is 0.185. The molecular formula is C9H8O6. The van der Waals surface area contributed by atoms with Gasteiger partial charge in [0.25, 0.3) is 0 Å². The molecule has 0 saturated heterocycles. The normalized spacial score (nSPS) is 19.9. The summed E-state index contributed by atoms with van der Waals surface area (Å²) in [6.45, 7) is 2.44. The molecule has 15 heavy (non-hydrogen) atoms. The lowest BCUT2D eigenvalue weighted by atomic mass is 10.0. The van der Waals surface area contributed by atoms with Crippen molar-refractivity contribution >= 4 is 23.5 Å². The number of allylic oxidation sites excluding steroid dienone is 2. The number of hydrogen-bond donors (Lipinski definition) is 0. The van der Waals surface area contributed by atoms with E-state index in [0.29, 0.717) is 0 Å². The third kappa shape index (κ3) is 2.28. The largest absolute Gasteiger partial charge is 0.374 e. The molecular weight excluding hydrogens is 204 g/mol. The van der Waals surface area contributed by atoms with Crippen LogP contribution in [0.3, 0.4) is 0 Å². The van der Waals surface area contributed by atoms with Crippen LogP contribution in [0.15, 0.2) is 11.6 Å². The van der Waals surface area contributed by atoms with E-state index in [0.717, 1.165) is 13.0 Å². The number of carbonyl (C=O) groups is 4. The van der Waals surface area contributed by atoms with E-state index in [1.165, 1.54) is 6.92 Å². The molecule has 0 aromatic carbocycles. The maximum atomic E-state index is 11.3. The highest BCUT2D eigenvalue weighted by atomic mass is 17.2. The third-order valence-corrected chi connectivity index (χ3v) is 1.77. The average molecular weight is 212 g/mol. The molecule has 0 radical (unpaired) electrons. The van der Waals surface area contributed by atoms with Crippen LogP contribution in [0.1, 0.15) is 13.8 Å². The van der Waals surface area contributed by atoms with E-state index in [4.69, 9.17) is 0 Å². The van der Waals surface area contributed by atoms with E-state index in [1.807, 2.05) is 0 Å². The van der Waals surface area contributed by atoms with E-state index >= 15 is 0 Å². The zero-order valence-electron chi connectivity index (χ0n) is 8.10. The maximum absolute atomic E-state index is 11.3. The number of ketones is 2. The summed E-state index contributed by atoms with van der Waals surface area (Å²) in [6, 6.07) is 0. The van der Waals surface area contributed by atoms with Crippen molar-refractivity contribution in [3.05, 3.63) is 11.6 Å². The monoisotopic (exact) mass is 212 g/mol. The van der Waals surface area contributed by atoms with Crippen LogP contribution in [-0.4, -0.2) is 23.5 Å². The lowest BCUT2D eigenvalue weighted by Gasteiger charge is -2.04. The zero-order chi connectivity index (χ0) is 11.6. The van der Waals surface area contributed by atoms with E-state index in [1.54, 1.807) is 0 Å². The first-order valence-electron chi connectivity index (χ1n) is 4.08. The second-order valence-corrected chi connectivity index (χ2v) is 3.00. The molecule has 0 heterocycles. The number of carbonyl (C=O) groups excluding carboxylic acids is 4. The zero-order valence-corrected chi connectivity index (χ0v) is 8.10. The predicted molar refractivity (Wildman–Crippen MR) is 45.1 cm³/mol. The molecule has 0 fully saturated rings. The fourth-order valence-electron chi connectivity index (χ4n) is 1.10. The van der Waals surface area contributed by atoms with Gasteiger partial charge in [-0.05, 0) is 18.6 Å². The molecule has 0 spiro atoms. The summed E-state index contributed by atoms with van der Waals surface area (Å²) >= 11 is 0. The standard InChI is InChI=1S/C9H8O6/c1-4-3-6(11)7(8(4)12)9(13)15-14-5(2)10/h3,7H,1-2H3. The van der Waals surface area contributed by atoms with E-state index in [2.05, 4.69) is 9.78 Å². The summed E-state index contributed by atoms with van der Waals surface area (Å²) < 4.78 is 0. The lowest BCUT2D eigenvalue weighted by Crippen LogP contribution is -2.29. The predicted octanol–water partition coefficient (Wildman–Crippen LogP) is -0.278. The first-order valence-corrected chi connectivity index (χ1v) is 4.08. The van der Waals surface area contributed by atoms with E-state index in [-0.39, 0.29) is 5.57 Å². The minimum atomic E-state index is -1.52. The van der Waals surface area contributed by atoms with Crippen molar-refractivity contribution in [2.24, 2.45) is 5.92 Å². The van der Waals surface area contributed by atoms with Crippen molar-refractivity contribution in [2.45, 2.75) is 13.8 Å². The Balaban J connectivity index is 2.66. The summed E-state index contributed by atoms with van der Waals surface area (Å²) in [5, 5.41) is 0. The third-order valence-electron chi connectivity index (χ3n) is 1.77. The lowest BCUT2D eigenvalue weighted by molar-refractivity contribution is -0.259. The molecule has 1 rings (SSSR count). The smallest absolute Gasteiger partial charge is 0.293 e. The van der Waals surface area contributed by atoms with E-state index in [9.17, 15) is 19.2 Å². The molecule has 0 N–H and O–H groups in total. The number of hydrogen-bond acceptors (Lipinski definition) is 6. The fraction of sp³-hybridized carbons (Fsp3) is 0.333. The van der Waals surface area contributed by atoms with Crippen LogP contribution >= 0.6 is 0 Å². The minimum Gasteiger partial charge on any atom is -0.293 e. The molecule has 1 atom stereocenters. The molecule has 6 nitrogen and oxygen atoms in total. The van der Waals surface area contributed by atoms with Crippen molar-refractivity contribution in [3.63, 3.8) is 0 Å². The van der Waals surface area contributed by atoms with Gasteiger partial charge in [0.2, 0.25) is 0 Å². The van der Waals surface area contributed by atoms with Crippen LogP contribution in [0.4, 0.5) is 0 Å². The second kappa shape index (κ2) is 4.04. The van der Waals surface area contributed by atoms with Crippen LogP contribution in [0.5, 0.6) is 0 Å². The summed E-state index contributed by atoms with van der Waals surface area (Å²) in [6.07, 6.45) is 1.06. The fourth-order valence-corrected chi connectivity index (χ4v) is 1.10. The molecule has 0 amide bonds. The summed E-state index contributed by atoms with van der Waals surface area (Å²) in [4.78, 5) is 51.8. The molecule has 0 saturated carbocycles. The Morgan fingerprint density at radius 1 is 1.27 bits per heavy atom. The van der Waals surface area contributed by atoms with Crippen LogP contribution in [0.25, 0.3) is 0 Å². The first-order chi connectivity index (χ1) is 6.93. The first kappa shape index (κ1) is 11.1. The SMILES string of the molecule is CC(=O)OOC(=O)C1C(=O)C=C(C)C1=O. The van der Waals surface area contributed by atoms with Gasteiger partial charge in [-0.15, -0.1) is 0 Å². The second-order valence-electron chi connectivity index (χ2n) is 3.00. The van der Waals surface area contributed by atoms with Gasteiger partial charge in [0.15, 0.2) is 17.5 Å². The molecule has 0 aliphatic heterocycles. The van der Waals surface area contributed by atoms with Gasteiger partial charge in [0, 0.05) is 6.92 Å². The van der Waals surface area contributed by atoms with Gasteiger partial charge >= 0.3 is 11.9 Å². The highest BCUT2D eigenvalue weighted by molar-refractivity contribution is 6.30. The number of rotatable bonds is 1. The van der Waals surface area contributed by atoms with Gasteiger partial charge in [-0.3, -0.25) is 9.59 Å². The van der Waals surface area contributed by atoms with Crippen molar-refractivity contribution in [1.29, 1.82) is 0 Å². The Labute approximate surface area is 84.8 Å². The van der Waals surface area contributed by atoms with Crippen LogP contribution in [0, 0.1) is 5.92 Å². The Kier molecular flexibility index (Phi) is 2.99. The van der Waals surface area contributed by atoms with Gasteiger partial charge in [-0.1, -0.05) is 0 Å². The van der Waals surface area contributed by atoms with Crippen molar-refractivity contribution in [2.75, 3.05) is 0 Å². The van der Waals surface area contributed by atoms with Crippen molar-refractivity contribution < 1.29 is 29.0 Å². The molecule has 1 unspecified atom stereocenters. The van der Waals surface area contributed by atoms with Crippen LogP contribution in [0.2, 0.25) is 0 Å². The summed E-state index contributed by atoms with van der Waals surface area (Å²) in [7, 11) is 0. The van der Waals surface area contributed by atoms with Crippen molar-refractivity contribution in [1.82, 2.24) is 0 Å². The molecule has 0 aromatic heterocycles. The molecule has 1 aliphatic carbocycles. The average Bonchev–Trinajstić information content (AvgIpc) is 2.37. The molecule has 80 valence electrons. The highest BCUT2D eigenvalue weighted by Gasteiger charge is 2.40. The topological polar surface area (TPSA) is 86.7 Å². The van der Waals surface area contributed by atoms with Gasteiger partial charge in [-0.25, -0.2) is 19.4 Å². The quantitative estimate of drug-likeness (QED) is 0.337. The molecule has 1 aliphatic rings. The van der Waals surface area contributed by atoms with E-state index < -0.39 is 29.4 Å².